The molecule has 2 unspecified atom stereocenters. The Balaban J connectivity index is 0.000000208. The van der Waals surface area contributed by atoms with E-state index in [2.05, 4.69) is 101 Å². The lowest BCUT2D eigenvalue weighted by molar-refractivity contribution is 0.00621. The van der Waals surface area contributed by atoms with Crippen LogP contribution < -0.4 is 9.80 Å². The number of rotatable bonds is 10. The van der Waals surface area contributed by atoms with Crippen LogP contribution in [0.15, 0.2) is 48.8 Å². The number of amides is 2. The molecule has 0 bridgehead atoms. The van der Waals surface area contributed by atoms with Gasteiger partial charge < -0.3 is 29.4 Å². The average Bonchev–Trinajstić information content (AvgIpc) is 4.15. The Morgan fingerprint density at radius 2 is 1.07 bits per heavy atom. The third kappa shape index (κ3) is 12.6. The summed E-state index contributed by atoms with van der Waals surface area (Å²) in [4.78, 5) is 63.3. The van der Waals surface area contributed by atoms with Gasteiger partial charge in [0.1, 0.15) is 5.60 Å². The number of hydrogen-bond acceptors (Lipinski definition) is 11. The molecule has 6 heterocycles. The van der Waals surface area contributed by atoms with Crippen molar-refractivity contribution < 1.29 is 29.0 Å². The number of halogens is 2. The van der Waals surface area contributed by atoms with Crippen LogP contribution in [0.4, 0.5) is 21.0 Å². The van der Waals surface area contributed by atoms with Crippen LogP contribution >= 0.6 is 23.2 Å². The van der Waals surface area contributed by atoms with E-state index in [0.717, 1.165) is 74.3 Å². The third-order valence-electron chi connectivity index (χ3n) is 14.2. The standard InChI is InChI=1S/C28H40ClN5O3.C24H32ClN5O3/c1-19-9-10-21(24(15-19)32-12-7-8-13-32)17-31(6)22-11-14-33(20(2)16-22)27(36)34-18-23(29)25(30-34)26(35)37-28(3,4)5;1-16-6-7-18(21(12-16)28-9-4-5-10-28)14-27(3)19-8-11-29(17(2)13-19)24(33)30-15-20(25)22(26-30)23(31)32/h9-10,15,18,20,22H,7-8,11-14,16-17H2,1-6H3;6-7,12,15,17,19H,4-5,8-11,13-14H2,1-3H3,(H,31,32)/t20-,22?;17-,19?/m00/s1. The van der Waals surface area contributed by atoms with Crippen LogP contribution in [0.2, 0.25) is 10.0 Å². The van der Waals surface area contributed by atoms with E-state index in [9.17, 15) is 19.2 Å². The summed E-state index contributed by atoms with van der Waals surface area (Å²) in [6, 6.07) is 13.7. The summed E-state index contributed by atoms with van der Waals surface area (Å²) in [6.45, 7) is 21.2. The van der Waals surface area contributed by atoms with Gasteiger partial charge in [-0.05, 0) is 148 Å². The maximum Gasteiger partial charge on any atom is 0.360 e. The number of carboxylic acid groups (broad SMARTS) is 1. The van der Waals surface area contributed by atoms with E-state index < -0.39 is 17.5 Å². The number of aryl methyl sites for hydroxylation is 2. The molecule has 2 aromatic heterocycles. The predicted octanol–water partition coefficient (Wildman–Crippen LogP) is 9.45. The number of likely N-dealkylation sites (tertiary alicyclic amines) is 2. The van der Waals surface area contributed by atoms with Gasteiger partial charge in [0, 0.05) is 87.9 Å². The van der Waals surface area contributed by atoms with E-state index in [1.54, 1.807) is 25.7 Å². The minimum atomic E-state index is -1.25. The maximum absolute atomic E-state index is 13.3. The fourth-order valence-electron chi connectivity index (χ4n) is 10.4. The summed E-state index contributed by atoms with van der Waals surface area (Å²) < 4.78 is 7.57. The highest BCUT2D eigenvalue weighted by Gasteiger charge is 2.35. The predicted molar refractivity (Wildman–Crippen MR) is 275 cm³/mol. The highest BCUT2D eigenvalue weighted by molar-refractivity contribution is 6.33. The number of piperidine rings is 2. The van der Waals surface area contributed by atoms with Gasteiger partial charge in [0.15, 0.2) is 11.4 Å². The normalized spacial score (nSPS) is 20.8. The number of anilines is 2. The first-order valence-corrected chi connectivity index (χ1v) is 25.6. The lowest BCUT2D eigenvalue weighted by atomic mass is 9.96. The van der Waals surface area contributed by atoms with E-state index in [0.29, 0.717) is 25.2 Å². The minimum absolute atomic E-state index is 0.00558. The molecule has 4 atom stereocenters. The van der Waals surface area contributed by atoms with Crippen molar-refractivity contribution in [1.82, 2.24) is 39.2 Å². The number of carbonyl (C=O) groups is 4. The zero-order valence-corrected chi connectivity index (χ0v) is 44.0. The number of aromatic carboxylic acids is 1. The Kier molecular flexibility index (Phi) is 16.9. The molecule has 4 saturated heterocycles. The minimum Gasteiger partial charge on any atom is -0.476 e. The molecule has 4 aliphatic rings. The van der Waals surface area contributed by atoms with Crippen LogP contribution in [-0.4, -0.2) is 151 Å². The van der Waals surface area contributed by atoms with E-state index in [1.165, 1.54) is 71.7 Å². The number of esters is 1. The molecule has 380 valence electrons. The van der Waals surface area contributed by atoms with Crippen molar-refractivity contribution in [3.8, 4) is 0 Å². The lowest BCUT2D eigenvalue weighted by Gasteiger charge is -2.41. The van der Waals surface area contributed by atoms with Crippen LogP contribution in [0.3, 0.4) is 0 Å². The fourth-order valence-corrected chi connectivity index (χ4v) is 10.8. The Morgan fingerprint density at radius 3 is 1.44 bits per heavy atom. The quantitative estimate of drug-likeness (QED) is 0.151. The van der Waals surface area contributed by atoms with Crippen molar-refractivity contribution in [2.75, 3.05) is 63.2 Å². The summed E-state index contributed by atoms with van der Waals surface area (Å²) in [5.41, 5.74) is 6.98. The largest absolute Gasteiger partial charge is 0.476 e. The van der Waals surface area contributed by atoms with Crippen molar-refractivity contribution in [2.24, 2.45) is 0 Å². The Bertz CT molecular complexity index is 2510. The molecule has 4 aliphatic heterocycles. The molecule has 2 aromatic carbocycles. The molecule has 1 N–H and O–H groups in total. The van der Waals surface area contributed by atoms with Crippen molar-refractivity contribution in [1.29, 1.82) is 0 Å². The van der Waals surface area contributed by atoms with Gasteiger partial charge in [0.05, 0.1) is 22.4 Å². The van der Waals surface area contributed by atoms with E-state index in [4.69, 9.17) is 33.0 Å². The summed E-state index contributed by atoms with van der Waals surface area (Å²) in [7, 11) is 4.35. The van der Waals surface area contributed by atoms with Crippen LogP contribution in [-0.2, 0) is 17.8 Å². The smallest absolute Gasteiger partial charge is 0.360 e. The maximum atomic E-state index is 13.3. The Labute approximate surface area is 423 Å². The van der Waals surface area contributed by atoms with E-state index in [1.807, 2.05) is 11.8 Å². The molecule has 18 heteroatoms. The van der Waals surface area contributed by atoms with E-state index in [-0.39, 0.29) is 45.6 Å². The highest BCUT2D eigenvalue weighted by Crippen LogP contribution is 2.32. The Hall–Kier alpha value is -5.16. The number of hydrogen-bond donors (Lipinski definition) is 1. The number of carbonyl (C=O) groups excluding carboxylic acids is 3. The van der Waals surface area contributed by atoms with Gasteiger partial charge in [-0.2, -0.15) is 19.6 Å². The van der Waals surface area contributed by atoms with Crippen molar-refractivity contribution >= 4 is 58.6 Å². The molecule has 0 aliphatic carbocycles. The monoisotopic (exact) mass is 1000 g/mol. The second kappa shape index (κ2) is 22.5. The molecule has 4 aromatic rings. The van der Waals surface area contributed by atoms with Gasteiger partial charge in [0.2, 0.25) is 0 Å². The third-order valence-corrected chi connectivity index (χ3v) is 14.7. The first-order valence-electron chi connectivity index (χ1n) is 24.9. The summed E-state index contributed by atoms with van der Waals surface area (Å²) in [5.74, 6) is -1.88. The zero-order chi connectivity index (χ0) is 50.6. The fraction of sp³-hybridized carbons (Fsp3) is 0.577. The molecular formula is C52H72Cl2N10O6. The number of carboxylic acids is 1. The van der Waals surface area contributed by atoms with Crippen molar-refractivity contribution in [3.63, 3.8) is 0 Å². The van der Waals surface area contributed by atoms with Crippen LogP contribution in [0.5, 0.6) is 0 Å². The summed E-state index contributed by atoms with van der Waals surface area (Å²) >= 11 is 12.2. The Morgan fingerprint density at radius 1 is 0.671 bits per heavy atom. The van der Waals surface area contributed by atoms with Gasteiger partial charge in [-0.1, -0.05) is 47.5 Å². The van der Waals surface area contributed by atoms with Crippen molar-refractivity contribution in [2.45, 2.75) is 143 Å². The molecule has 8 rings (SSSR count). The number of benzene rings is 2. The lowest BCUT2D eigenvalue weighted by Crippen LogP contribution is -2.51. The number of nitrogens with zero attached hydrogens (tertiary/aromatic N) is 10. The van der Waals surface area contributed by atoms with E-state index >= 15 is 0 Å². The van der Waals surface area contributed by atoms with Gasteiger partial charge in [-0.25, -0.2) is 19.2 Å². The van der Waals surface area contributed by atoms with Crippen LogP contribution in [0, 0.1) is 13.8 Å². The average molecular weight is 1000 g/mol. The van der Waals surface area contributed by atoms with Crippen molar-refractivity contribution in [3.05, 3.63) is 92.5 Å². The van der Waals surface area contributed by atoms with Crippen LogP contribution in [0.1, 0.15) is 129 Å². The zero-order valence-electron chi connectivity index (χ0n) is 42.5. The topological polar surface area (TPSA) is 153 Å². The molecule has 0 saturated carbocycles. The number of ether oxygens (including phenoxy) is 1. The first-order chi connectivity index (χ1) is 33.2. The first kappa shape index (κ1) is 52.7. The van der Waals surface area contributed by atoms with Crippen LogP contribution in [0.25, 0.3) is 0 Å². The number of aromatic nitrogens is 4. The second-order valence-electron chi connectivity index (χ2n) is 20.8. The van der Waals surface area contributed by atoms with Gasteiger partial charge in [0.25, 0.3) is 0 Å². The summed E-state index contributed by atoms with van der Waals surface area (Å²) in [6.07, 6.45) is 11.1. The molecule has 2 amide bonds. The van der Waals surface area contributed by atoms with Gasteiger partial charge in [-0.3, -0.25) is 9.80 Å². The molecular weight excluding hydrogens is 932 g/mol. The molecule has 0 radical (unpaired) electrons. The molecule has 70 heavy (non-hydrogen) atoms. The molecule has 0 spiro atoms. The molecule has 4 fully saturated rings. The SMILES string of the molecule is Cc1ccc(CN(C)C2CCN(C(=O)n3cc(Cl)c(C(=O)O)n3)[C@@H](C)C2)c(N2CCCC2)c1.Cc1ccc(CN(C)C2CCN(C(=O)n3cc(Cl)c(C(=O)OC(C)(C)C)n3)[C@@H](C)C2)c(N2CCCC2)c1. The summed E-state index contributed by atoms with van der Waals surface area (Å²) in [5, 5.41) is 17.3. The highest BCUT2D eigenvalue weighted by atomic mass is 35.5. The molecule has 16 nitrogen and oxygen atoms in total. The second-order valence-corrected chi connectivity index (χ2v) is 21.7. The van der Waals surface area contributed by atoms with Gasteiger partial charge >= 0.3 is 24.0 Å². The van der Waals surface area contributed by atoms with Gasteiger partial charge in [-0.15, -0.1) is 0 Å².